The first kappa shape index (κ1) is 20.1. The zero-order valence-corrected chi connectivity index (χ0v) is 16.3. The summed E-state index contributed by atoms with van der Waals surface area (Å²) in [4.78, 5) is 10.8. The highest BCUT2D eigenvalue weighted by molar-refractivity contribution is 5.75. The second kappa shape index (κ2) is 9.06. The molecule has 0 spiro atoms. The molecule has 0 aliphatic heterocycles. The fourth-order valence-electron chi connectivity index (χ4n) is 3.91. The highest BCUT2D eigenvalue weighted by atomic mass is 19.1. The molecule has 0 radical (unpaired) electrons. The normalized spacial score (nSPS) is 20.0. The summed E-state index contributed by atoms with van der Waals surface area (Å²) in [5.74, 6) is 0.913. The smallest absolute Gasteiger partial charge is 0.255 e. The first-order valence-electron chi connectivity index (χ1n) is 9.56. The number of carbonyl (C=O) groups is 1. The van der Waals surface area contributed by atoms with Gasteiger partial charge in [0.2, 0.25) is 0 Å². The lowest BCUT2D eigenvalue weighted by Gasteiger charge is -2.22. The van der Waals surface area contributed by atoms with Crippen LogP contribution in [0.25, 0.3) is 0 Å². The monoisotopic (exact) mass is 386 g/mol. The van der Waals surface area contributed by atoms with Gasteiger partial charge in [0.25, 0.3) is 5.91 Å². The number of ether oxygens (including phenoxy) is 2. The molecule has 0 heterocycles. The molecule has 1 aliphatic rings. The Morgan fingerprint density at radius 2 is 2.00 bits per heavy atom. The van der Waals surface area contributed by atoms with Crippen molar-refractivity contribution >= 4 is 5.91 Å². The Morgan fingerprint density at radius 1 is 1.25 bits per heavy atom. The molecule has 0 saturated heterocycles. The first-order valence-corrected chi connectivity index (χ1v) is 9.56. The molecule has 0 aromatic heterocycles. The van der Waals surface area contributed by atoms with Crippen LogP contribution in [0, 0.1) is 5.82 Å². The summed E-state index contributed by atoms with van der Waals surface area (Å²) >= 11 is 0. The van der Waals surface area contributed by atoms with E-state index in [0.29, 0.717) is 23.5 Å². The molecule has 1 fully saturated rings. The lowest BCUT2D eigenvalue weighted by Crippen LogP contribution is -2.29. The van der Waals surface area contributed by atoms with E-state index in [1.54, 1.807) is 13.2 Å². The summed E-state index contributed by atoms with van der Waals surface area (Å²) in [6.07, 6.45) is 3.22. The Kier molecular flexibility index (Phi) is 6.52. The summed E-state index contributed by atoms with van der Waals surface area (Å²) < 4.78 is 24.1. The van der Waals surface area contributed by atoms with Gasteiger partial charge in [-0.25, -0.2) is 4.39 Å². The van der Waals surface area contributed by atoms with Crippen LogP contribution in [-0.4, -0.2) is 25.7 Å². The van der Waals surface area contributed by atoms with Crippen molar-refractivity contribution in [1.82, 2.24) is 5.32 Å². The van der Waals surface area contributed by atoms with Gasteiger partial charge in [-0.3, -0.25) is 4.79 Å². The van der Waals surface area contributed by atoms with Gasteiger partial charge in [-0.2, -0.15) is 0 Å². The van der Waals surface area contributed by atoms with Crippen LogP contribution in [-0.2, 0) is 4.79 Å². The van der Waals surface area contributed by atoms with E-state index < -0.39 is 5.91 Å². The van der Waals surface area contributed by atoms with Gasteiger partial charge in [-0.05, 0) is 55.9 Å². The number of benzene rings is 2. The van der Waals surface area contributed by atoms with Crippen LogP contribution < -0.4 is 20.5 Å². The van der Waals surface area contributed by atoms with Gasteiger partial charge in [0.1, 0.15) is 17.3 Å². The molecule has 1 amide bonds. The summed E-state index contributed by atoms with van der Waals surface area (Å²) in [7, 11) is 1.56. The van der Waals surface area contributed by atoms with Gasteiger partial charge in [-0.15, -0.1) is 0 Å². The summed E-state index contributed by atoms with van der Waals surface area (Å²) in [5, 5.41) is 3.65. The Hall–Kier alpha value is -2.60. The first-order chi connectivity index (χ1) is 13.5. The number of nitrogens with one attached hydrogen (secondary N) is 1. The number of hydrogen-bond donors (Lipinski definition) is 2. The van der Waals surface area contributed by atoms with Crippen molar-refractivity contribution in [1.29, 1.82) is 0 Å². The van der Waals surface area contributed by atoms with E-state index in [4.69, 9.17) is 15.2 Å². The predicted molar refractivity (Wildman–Crippen MR) is 106 cm³/mol. The summed E-state index contributed by atoms with van der Waals surface area (Å²) in [6.45, 7) is 1.97. The van der Waals surface area contributed by atoms with Crippen molar-refractivity contribution < 1.29 is 18.7 Å². The van der Waals surface area contributed by atoms with Crippen molar-refractivity contribution in [2.45, 2.75) is 44.2 Å². The zero-order valence-electron chi connectivity index (χ0n) is 16.3. The molecule has 28 heavy (non-hydrogen) atoms. The van der Waals surface area contributed by atoms with E-state index in [1.807, 2.05) is 12.1 Å². The molecule has 1 saturated carbocycles. The maximum atomic E-state index is 13.4. The molecule has 1 unspecified atom stereocenters. The lowest BCUT2D eigenvalue weighted by atomic mass is 9.97. The predicted octanol–water partition coefficient (Wildman–Crippen LogP) is 3.69. The van der Waals surface area contributed by atoms with Crippen LogP contribution in [0.4, 0.5) is 4.39 Å². The number of rotatable bonds is 8. The second-order valence-corrected chi connectivity index (χ2v) is 7.31. The van der Waals surface area contributed by atoms with Crippen LogP contribution in [0.3, 0.4) is 0 Å². The van der Waals surface area contributed by atoms with E-state index in [9.17, 15) is 9.18 Å². The Labute approximate surface area is 165 Å². The number of halogens is 1. The molecule has 0 bridgehead atoms. The molecule has 3 atom stereocenters. The SMILES string of the molecule is COc1cc(F)ccc1[C@@H](C)NC1CC[C@@H](c2ccc(OCC(N)=O)cc2)C1. The Morgan fingerprint density at radius 3 is 2.68 bits per heavy atom. The average Bonchev–Trinajstić information content (AvgIpc) is 3.14. The third-order valence-corrected chi connectivity index (χ3v) is 5.31. The van der Waals surface area contributed by atoms with Crippen molar-refractivity contribution in [3.05, 3.63) is 59.4 Å². The van der Waals surface area contributed by atoms with E-state index >= 15 is 0 Å². The van der Waals surface area contributed by atoms with Crippen LogP contribution >= 0.6 is 0 Å². The van der Waals surface area contributed by atoms with E-state index in [0.717, 1.165) is 24.8 Å². The van der Waals surface area contributed by atoms with Gasteiger partial charge >= 0.3 is 0 Å². The molecule has 5 nitrogen and oxygen atoms in total. The van der Waals surface area contributed by atoms with Gasteiger partial charge in [0.05, 0.1) is 7.11 Å². The quantitative estimate of drug-likeness (QED) is 0.726. The fourth-order valence-corrected chi connectivity index (χ4v) is 3.91. The maximum Gasteiger partial charge on any atom is 0.255 e. The number of primary amides is 1. The molecule has 3 N–H and O–H groups in total. The van der Waals surface area contributed by atoms with Crippen LogP contribution in [0.2, 0.25) is 0 Å². The zero-order chi connectivity index (χ0) is 20.1. The maximum absolute atomic E-state index is 13.4. The molecular weight excluding hydrogens is 359 g/mol. The van der Waals surface area contributed by atoms with Crippen LogP contribution in [0.1, 0.15) is 49.3 Å². The minimum absolute atomic E-state index is 0.0730. The van der Waals surface area contributed by atoms with Crippen molar-refractivity contribution in [2.24, 2.45) is 5.73 Å². The minimum atomic E-state index is -0.485. The number of carbonyl (C=O) groups excluding carboxylic acids is 1. The van der Waals surface area contributed by atoms with Gasteiger partial charge in [0, 0.05) is 23.7 Å². The minimum Gasteiger partial charge on any atom is -0.496 e. The fraction of sp³-hybridized carbons (Fsp3) is 0.409. The van der Waals surface area contributed by atoms with Crippen LogP contribution in [0.5, 0.6) is 11.5 Å². The second-order valence-electron chi connectivity index (χ2n) is 7.31. The van der Waals surface area contributed by atoms with Gasteiger partial charge in [0.15, 0.2) is 6.61 Å². The molecule has 150 valence electrons. The lowest BCUT2D eigenvalue weighted by molar-refractivity contribution is -0.119. The number of hydrogen-bond acceptors (Lipinski definition) is 4. The van der Waals surface area contributed by atoms with Gasteiger partial charge in [-0.1, -0.05) is 18.2 Å². The average molecular weight is 386 g/mol. The third-order valence-electron chi connectivity index (χ3n) is 5.31. The molecule has 1 aliphatic carbocycles. The molecule has 2 aromatic carbocycles. The Balaban J connectivity index is 1.57. The topological polar surface area (TPSA) is 73.6 Å². The van der Waals surface area contributed by atoms with E-state index in [-0.39, 0.29) is 18.5 Å². The molecular formula is C22H27FN2O3. The molecule has 6 heteroatoms. The van der Waals surface area contributed by atoms with Crippen molar-refractivity contribution in [3.63, 3.8) is 0 Å². The van der Waals surface area contributed by atoms with E-state index in [2.05, 4.69) is 24.4 Å². The van der Waals surface area contributed by atoms with E-state index in [1.165, 1.54) is 17.7 Å². The van der Waals surface area contributed by atoms with Crippen molar-refractivity contribution in [2.75, 3.05) is 13.7 Å². The summed E-state index contributed by atoms with van der Waals surface area (Å²) in [6, 6.07) is 13.0. The van der Waals surface area contributed by atoms with Gasteiger partial charge < -0.3 is 20.5 Å². The highest BCUT2D eigenvalue weighted by Gasteiger charge is 2.27. The number of methoxy groups -OCH3 is 1. The van der Waals surface area contributed by atoms with Crippen molar-refractivity contribution in [3.8, 4) is 11.5 Å². The number of nitrogens with two attached hydrogens (primary N) is 1. The summed E-state index contributed by atoms with van der Waals surface area (Å²) in [5.41, 5.74) is 7.32. The molecule has 3 rings (SSSR count). The standard InChI is InChI=1S/C22H27FN2O3/c1-14(20-10-6-17(23)12-21(20)27-2)25-18-7-3-16(11-18)15-4-8-19(9-5-15)28-13-22(24)26/h4-6,8-10,12,14,16,18,25H,3,7,11,13H2,1-2H3,(H2,24,26)/t14-,16-,18?/m1/s1. The largest absolute Gasteiger partial charge is 0.496 e. The Bertz CT molecular complexity index is 810. The molecule has 2 aromatic rings. The highest BCUT2D eigenvalue weighted by Crippen LogP contribution is 2.36. The van der Waals surface area contributed by atoms with Crippen LogP contribution in [0.15, 0.2) is 42.5 Å². The number of amides is 1. The third kappa shape index (κ3) is 5.01.